The van der Waals surface area contributed by atoms with Crippen LogP contribution in [0.1, 0.15) is 38.4 Å². The van der Waals surface area contributed by atoms with Crippen LogP contribution in [0.5, 0.6) is 0 Å². The van der Waals surface area contributed by atoms with Gasteiger partial charge in [0.15, 0.2) is 11.1 Å². The molecule has 4 unspecified atom stereocenters. The maximum atomic E-state index is 11.7. The number of fused-ring (bicyclic) bond motifs is 1. The molecule has 0 amide bonds. The van der Waals surface area contributed by atoms with Crippen LogP contribution in [0.15, 0.2) is 35.2 Å². The van der Waals surface area contributed by atoms with Crippen molar-refractivity contribution in [2.45, 2.75) is 38.0 Å². The average molecular weight is 254 g/mol. The largest absolute Gasteiger partial charge is 0.472 e. The van der Waals surface area contributed by atoms with Crippen LogP contribution in [-0.2, 0) is 15.3 Å². The third-order valence-corrected chi connectivity index (χ3v) is 4.44. The van der Waals surface area contributed by atoms with Gasteiger partial charge in [-0.25, -0.2) is 4.21 Å². The Hall–Kier alpha value is -0.870. The van der Waals surface area contributed by atoms with Crippen molar-refractivity contribution in [3.05, 3.63) is 36.3 Å². The lowest BCUT2D eigenvalue weighted by Gasteiger charge is -2.20. The van der Waals surface area contributed by atoms with Crippen LogP contribution in [0.2, 0.25) is 0 Å². The Morgan fingerprint density at radius 1 is 1.41 bits per heavy atom. The maximum absolute atomic E-state index is 11.7. The molecule has 0 radical (unpaired) electrons. The smallest absolute Gasteiger partial charge is 0.163 e. The number of hydrogen-bond acceptors (Lipinski definition) is 3. The van der Waals surface area contributed by atoms with E-state index in [4.69, 9.17) is 8.60 Å². The van der Waals surface area contributed by atoms with Crippen LogP contribution in [-0.4, -0.2) is 9.46 Å². The molecule has 1 saturated heterocycles. The Morgan fingerprint density at radius 3 is 2.94 bits per heavy atom. The highest BCUT2D eigenvalue weighted by Crippen LogP contribution is 2.43. The summed E-state index contributed by atoms with van der Waals surface area (Å²) in [6.45, 7) is 4.00. The summed E-state index contributed by atoms with van der Waals surface area (Å²) in [5.41, 5.74) is 1.01. The quantitative estimate of drug-likeness (QED) is 0.721. The average Bonchev–Trinajstić information content (AvgIpc) is 3.01. The fourth-order valence-electron chi connectivity index (χ4n) is 2.33. The van der Waals surface area contributed by atoms with Crippen molar-refractivity contribution >= 4 is 11.1 Å². The molecule has 0 spiro atoms. The minimum Gasteiger partial charge on any atom is -0.472 e. The molecule has 1 aromatic heterocycles. The van der Waals surface area contributed by atoms with E-state index in [-0.39, 0.29) is 11.4 Å². The van der Waals surface area contributed by atoms with Crippen molar-refractivity contribution < 1.29 is 12.8 Å². The summed E-state index contributed by atoms with van der Waals surface area (Å²) in [5.74, 6) is 0.341. The first kappa shape index (κ1) is 12.6. The number of allylic oxidation sites excluding steroid dienone is 1. The van der Waals surface area contributed by atoms with Crippen molar-refractivity contribution in [3.8, 4) is 0 Å². The molecule has 2 aliphatic rings. The lowest BCUT2D eigenvalue weighted by Crippen LogP contribution is -2.20. The Kier molecular flexibility index (Phi) is 4.18. The predicted octanol–water partition coefficient (Wildman–Crippen LogP) is 3.38. The van der Waals surface area contributed by atoms with Gasteiger partial charge in [0, 0.05) is 11.5 Å². The number of hydrogen-bond donors (Lipinski definition) is 0. The molecule has 0 aromatic carbocycles. The van der Waals surface area contributed by atoms with Gasteiger partial charge in [-0.05, 0) is 18.9 Å². The van der Waals surface area contributed by atoms with Gasteiger partial charge in [0.2, 0.25) is 0 Å². The summed E-state index contributed by atoms with van der Waals surface area (Å²) in [5, 5.41) is 0.0682. The van der Waals surface area contributed by atoms with Gasteiger partial charge < -0.3 is 4.42 Å². The monoisotopic (exact) mass is 254 g/mol. The zero-order chi connectivity index (χ0) is 12.3. The molecule has 0 bridgehead atoms. The molecule has 1 aromatic rings. The van der Waals surface area contributed by atoms with Crippen LogP contribution < -0.4 is 0 Å². The van der Waals surface area contributed by atoms with Crippen molar-refractivity contribution in [2.75, 3.05) is 0 Å². The predicted molar refractivity (Wildman–Crippen MR) is 67.7 cm³/mol. The fraction of sp³-hybridized carbons (Fsp3) is 0.538. The van der Waals surface area contributed by atoms with Crippen LogP contribution in [0.3, 0.4) is 0 Å². The second kappa shape index (κ2) is 5.65. The van der Waals surface area contributed by atoms with Gasteiger partial charge in [-0.15, -0.1) is 0 Å². The summed E-state index contributed by atoms with van der Waals surface area (Å²) < 4.78 is 22.3. The van der Waals surface area contributed by atoms with Crippen LogP contribution in [0, 0.1) is 5.92 Å². The van der Waals surface area contributed by atoms with E-state index in [1.165, 1.54) is 0 Å². The molecule has 3 nitrogen and oxygen atoms in total. The summed E-state index contributed by atoms with van der Waals surface area (Å²) in [7, 11) is 0. The first-order chi connectivity index (χ1) is 8.36. The van der Waals surface area contributed by atoms with Gasteiger partial charge >= 0.3 is 0 Å². The van der Waals surface area contributed by atoms with Crippen molar-refractivity contribution in [1.82, 2.24) is 0 Å². The maximum Gasteiger partial charge on any atom is 0.163 e. The minimum atomic E-state index is -1.18. The lowest BCUT2D eigenvalue weighted by atomic mass is 9.86. The molecule has 94 valence electrons. The molecular formula is C13H18O3S. The van der Waals surface area contributed by atoms with Crippen molar-refractivity contribution in [2.24, 2.45) is 5.92 Å². The summed E-state index contributed by atoms with van der Waals surface area (Å²) in [4.78, 5) is 0. The first-order valence-corrected chi connectivity index (χ1v) is 7.26. The third-order valence-electron chi connectivity index (χ3n) is 3.10. The highest BCUT2D eigenvalue weighted by molar-refractivity contribution is 7.81. The van der Waals surface area contributed by atoms with E-state index >= 15 is 0 Å². The minimum absolute atomic E-state index is 0.0560. The standard InChI is InChI=1S/C11H12O3S.C2H6/c12-15-10-4-2-1-3-9(10)11(14-15)8-5-6-13-7-8;1-2/h2,4-7,9-11H,1,3H2;1-2H3. The molecule has 4 heteroatoms. The van der Waals surface area contributed by atoms with Crippen molar-refractivity contribution in [3.63, 3.8) is 0 Å². The molecule has 0 saturated carbocycles. The van der Waals surface area contributed by atoms with Crippen molar-refractivity contribution in [1.29, 1.82) is 0 Å². The molecule has 1 fully saturated rings. The van der Waals surface area contributed by atoms with E-state index in [2.05, 4.69) is 6.08 Å². The lowest BCUT2D eigenvalue weighted by molar-refractivity contribution is 0.187. The van der Waals surface area contributed by atoms with E-state index in [1.54, 1.807) is 12.5 Å². The van der Waals surface area contributed by atoms with Gasteiger partial charge in [0.25, 0.3) is 0 Å². The second-order valence-electron chi connectivity index (χ2n) is 3.97. The van der Waals surface area contributed by atoms with E-state index < -0.39 is 11.1 Å². The molecule has 2 heterocycles. The van der Waals surface area contributed by atoms with E-state index in [1.807, 2.05) is 26.0 Å². The molecule has 1 aliphatic carbocycles. The third kappa shape index (κ3) is 2.38. The fourth-order valence-corrected chi connectivity index (χ4v) is 3.72. The van der Waals surface area contributed by atoms with Crippen LogP contribution in [0.25, 0.3) is 0 Å². The van der Waals surface area contributed by atoms with Gasteiger partial charge in [-0.3, -0.25) is 4.18 Å². The van der Waals surface area contributed by atoms with Crippen LogP contribution in [0.4, 0.5) is 0 Å². The summed E-state index contributed by atoms with van der Waals surface area (Å²) >= 11 is -1.18. The SMILES string of the molecule is CC.O=S1OC(c2ccoc2)C2CCC=CC21. The molecule has 3 rings (SSSR count). The second-order valence-corrected chi connectivity index (χ2v) is 5.23. The van der Waals surface area contributed by atoms with E-state index in [0.717, 1.165) is 18.4 Å². The zero-order valence-corrected chi connectivity index (χ0v) is 11.0. The van der Waals surface area contributed by atoms with Gasteiger partial charge in [0.05, 0.1) is 17.8 Å². The molecule has 0 N–H and O–H groups in total. The first-order valence-electron chi connectivity index (χ1n) is 6.13. The van der Waals surface area contributed by atoms with Gasteiger partial charge in [0.1, 0.15) is 6.10 Å². The number of rotatable bonds is 1. The summed E-state index contributed by atoms with van der Waals surface area (Å²) in [6, 6.07) is 1.89. The zero-order valence-electron chi connectivity index (χ0n) is 10.2. The molecule has 4 atom stereocenters. The molecule has 1 aliphatic heterocycles. The highest BCUT2D eigenvalue weighted by atomic mass is 32.2. The van der Waals surface area contributed by atoms with Gasteiger partial charge in [-0.2, -0.15) is 0 Å². The Bertz CT molecular complexity index is 397. The molecule has 17 heavy (non-hydrogen) atoms. The molecular weight excluding hydrogens is 236 g/mol. The van der Waals surface area contributed by atoms with Crippen LogP contribution >= 0.6 is 0 Å². The Labute approximate surface area is 105 Å². The highest BCUT2D eigenvalue weighted by Gasteiger charge is 2.43. The van der Waals surface area contributed by atoms with Gasteiger partial charge in [-0.1, -0.05) is 26.0 Å². The Balaban J connectivity index is 0.000000514. The number of furan rings is 1. The topological polar surface area (TPSA) is 39.4 Å². The van der Waals surface area contributed by atoms with E-state index in [9.17, 15) is 4.21 Å². The Morgan fingerprint density at radius 2 is 2.24 bits per heavy atom. The van der Waals surface area contributed by atoms with E-state index in [0.29, 0.717) is 5.92 Å². The summed E-state index contributed by atoms with van der Waals surface area (Å²) in [6.07, 6.45) is 9.49. The normalized spacial score (nSPS) is 34.9.